The standard InChI is InChI=1S/C22H32N2O4/c1-2-27-19-10-5-6-11-20(19)28-17-7-12-21(25)23-13-15-24(16-14-23)22(26)18-8-3-4-9-18/h5-6,10-11,18H,2-4,7-9,12-17H2,1H3. The molecule has 6 nitrogen and oxygen atoms in total. The second-order valence-electron chi connectivity index (χ2n) is 7.52. The average molecular weight is 389 g/mol. The molecule has 0 bridgehead atoms. The molecule has 1 aliphatic carbocycles. The van der Waals surface area contributed by atoms with E-state index in [1.807, 2.05) is 41.0 Å². The summed E-state index contributed by atoms with van der Waals surface area (Å²) in [4.78, 5) is 28.8. The van der Waals surface area contributed by atoms with E-state index in [1.54, 1.807) is 0 Å². The summed E-state index contributed by atoms with van der Waals surface area (Å²) in [5.74, 6) is 2.12. The highest BCUT2D eigenvalue weighted by molar-refractivity contribution is 5.80. The Labute approximate surface area is 167 Å². The lowest BCUT2D eigenvalue weighted by molar-refractivity contribution is -0.142. The summed E-state index contributed by atoms with van der Waals surface area (Å²) >= 11 is 0. The van der Waals surface area contributed by atoms with Crippen molar-refractivity contribution in [2.24, 2.45) is 5.92 Å². The number of benzene rings is 1. The van der Waals surface area contributed by atoms with E-state index in [0.29, 0.717) is 58.1 Å². The van der Waals surface area contributed by atoms with Gasteiger partial charge in [-0.15, -0.1) is 0 Å². The first-order valence-corrected chi connectivity index (χ1v) is 10.6. The number of rotatable bonds is 8. The molecule has 28 heavy (non-hydrogen) atoms. The third kappa shape index (κ3) is 5.40. The van der Waals surface area contributed by atoms with E-state index in [2.05, 4.69) is 0 Å². The minimum atomic E-state index is 0.148. The van der Waals surface area contributed by atoms with Crippen LogP contribution >= 0.6 is 0 Å². The molecule has 2 aliphatic rings. The van der Waals surface area contributed by atoms with Crippen molar-refractivity contribution in [2.75, 3.05) is 39.4 Å². The zero-order valence-electron chi connectivity index (χ0n) is 16.9. The van der Waals surface area contributed by atoms with Gasteiger partial charge in [-0.1, -0.05) is 25.0 Å². The van der Waals surface area contributed by atoms with Gasteiger partial charge in [-0.2, -0.15) is 0 Å². The molecule has 1 saturated carbocycles. The van der Waals surface area contributed by atoms with Crippen LogP contribution < -0.4 is 9.47 Å². The summed E-state index contributed by atoms with van der Waals surface area (Å²) < 4.78 is 11.3. The van der Waals surface area contributed by atoms with Crippen LogP contribution in [-0.2, 0) is 9.59 Å². The van der Waals surface area contributed by atoms with Crippen molar-refractivity contribution in [3.8, 4) is 11.5 Å². The quantitative estimate of drug-likeness (QED) is 0.642. The van der Waals surface area contributed by atoms with Gasteiger partial charge >= 0.3 is 0 Å². The van der Waals surface area contributed by atoms with Crippen molar-refractivity contribution < 1.29 is 19.1 Å². The van der Waals surface area contributed by atoms with Crippen molar-refractivity contribution in [1.29, 1.82) is 0 Å². The van der Waals surface area contributed by atoms with Crippen LogP contribution in [0.25, 0.3) is 0 Å². The zero-order chi connectivity index (χ0) is 19.8. The molecular formula is C22H32N2O4. The van der Waals surface area contributed by atoms with Crippen LogP contribution in [0.15, 0.2) is 24.3 Å². The molecule has 1 saturated heterocycles. The van der Waals surface area contributed by atoms with Gasteiger partial charge in [-0.3, -0.25) is 9.59 Å². The molecule has 154 valence electrons. The Kier molecular flexibility index (Phi) is 7.57. The molecule has 1 aromatic carbocycles. The summed E-state index contributed by atoms with van der Waals surface area (Å²) in [5.41, 5.74) is 0. The van der Waals surface area contributed by atoms with Gasteiger partial charge in [0.05, 0.1) is 13.2 Å². The SMILES string of the molecule is CCOc1ccccc1OCCCC(=O)N1CCN(C(=O)C2CCCC2)CC1. The highest BCUT2D eigenvalue weighted by atomic mass is 16.5. The molecule has 1 heterocycles. The molecule has 0 radical (unpaired) electrons. The Bertz CT molecular complexity index is 650. The van der Waals surface area contributed by atoms with Gasteiger partial charge in [0.25, 0.3) is 0 Å². The fraction of sp³-hybridized carbons (Fsp3) is 0.636. The van der Waals surface area contributed by atoms with Gasteiger partial charge in [0, 0.05) is 38.5 Å². The van der Waals surface area contributed by atoms with Crippen LogP contribution in [0.2, 0.25) is 0 Å². The van der Waals surface area contributed by atoms with Crippen LogP contribution in [0.1, 0.15) is 45.4 Å². The molecule has 1 aliphatic heterocycles. The van der Waals surface area contributed by atoms with E-state index in [4.69, 9.17) is 9.47 Å². The molecular weight excluding hydrogens is 356 g/mol. The van der Waals surface area contributed by atoms with E-state index in [0.717, 1.165) is 24.3 Å². The van der Waals surface area contributed by atoms with Crippen LogP contribution in [0, 0.1) is 5.92 Å². The van der Waals surface area contributed by atoms with Crippen LogP contribution in [-0.4, -0.2) is 61.0 Å². The average Bonchev–Trinajstić information content (AvgIpc) is 3.27. The highest BCUT2D eigenvalue weighted by Crippen LogP contribution is 2.27. The maximum atomic E-state index is 12.5. The predicted octanol–water partition coefficient (Wildman–Crippen LogP) is 3.11. The Balaban J connectivity index is 1.35. The van der Waals surface area contributed by atoms with E-state index >= 15 is 0 Å². The van der Waals surface area contributed by atoms with E-state index in [-0.39, 0.29) is 11.8 Å². The first kappa shape index (κ1) is 20.5. The third-order valence-corrected chi connectivity index (χ3v) is 5.59. The summed E-state index contributed by atoms with van der Waals surface area (Å²) in [5, 5.41) is 0. The zero-order valence-corrected chi connectivity index (χ0v) is 16.9. The van der Waals surface area contributed by atoms with E-state index in [9.17, 15) is 9.59 Å². The van der Waals surface area contributed by atoms with Gasteiger partial charge in [0.15, 0.2) is 11.5 Å². The van der Waals surface area contributed by atoms with Crippen LogP contribution in [0.4, 0.5) is 0 Å². The number of hydrogen-bond donors (Lipinski definition) is 0. The summed E-state index contributed by atoms with van der Waals surface area (Å²) in [6.45, 7) is 5.63. The Morgan fingerprint density at radius 2 is 1.57 bits per heavy atom. The third-order valence-electron chi connectivity index (χ3n) is 5.59. The maximum absolute atomic E-state index is 12.5. The minimum Gasteiger partial charge on any atom is -0.490 e. The smallest absolute Gasteiger partial charge is 0.225 e. The lowest BCUT2D eigenvalue weighted by Crippen LogP contribution is -2.51. The molecule has 0 atom stereocenters. The molecule has 1 aromatic rings. The predicted molar refractivity (Wildman–Crippen MR) is 107 cm³/mol. The number of piperazine rings is 1. The number of ether oxygens (including phenoxy) is 2. The lowest BCUT2D eigenvalue weighted by atomic mass is 10.1. The molecule has 6 heteroatoms. The monoisotopic (exact) mass is 388 g/mol. The van der Waals surface area contributed by atoms with E-state index < -0.39 is 0 Å². The Hall–Kier alpha value is -2.24. The van der Waals surface area contributed by atoms with Crippen molar-refractivity contribution in [3.63, 3.8) is 0 Å². The molecule has 0 spiro atoms. The number of nitrogens with zero attached hydrogens (tertiary/aromatic N) is 2. The normalized spacial score (nSPS) is 17.6. The van der Waals surface area contributed by atoms with Gasteiger partial charge < -0.3 is 19.3 Å². The number of hydrogen-bond acceptors (Lipinski definition) is 4. The van der Waals surface area contributed by atoms with E-state index in [1.165, 1.54) is 12.8 Å². The fourth-order valence-electron chi connectivity index (χ4n) is 4.01. The molecule has 0 N–H and O–H groups in total. The first-order valence-electron chi connectivity index (χ1n) is 10.6. The Morgan fingerprint density at radius 1 is 0.964 bits per heavy atom. The van der Waals surface area contributed by atoms with Crippen molar-refractivity contribution in [2.45, 2.75) is 45.4 Å². The van der Waals surface area contributed by atoms with Crippen LogP contribution in [0.5, 0.6) is 11.5 Å². The summed E-state index contributed by atoms with van der Waals surface area (Å²) in [6, 6.07) is 7.59. The van der Waals surface area contributed by atoms with Gasteiger partial charge in [0.2, 0.25) is 11.8 Å². The maximum Gasteiger partial charge on any atom is 0.225 e. The fourth-order valence-corrected chi connectivity index (χ4v) is 4.01. The molecule has 0 aromatic heterocycles. The lowest BCUT2D eigenvalue weighted by Gasteiger charge is -2.36. The number of para-hydroxylation sites is 2. The van der Waals surface area contributed by atoms with Gasteiger partial charge in [-0.05, 0) is 38.3 Å². The molecule has 2 amide bonds. The first-order chi connectivity index (χ1) is 13.7. The summed E-state index contributed by atoms with van der Waals surface area (Å²) in [6.07, 6.45) is 5.54. The molecule has 3 rings (SSSR count). The van der Waals surface area contributed by atoms with Crippen molar-refractivity contribution in [3.05, 3.63) is 24.3 Å². The number of carbonyl (C=O) groups excluding carboxylic acids is 2. The highest BCUT2D eigenvalue weighted by Gasteiger charge is 2.30. The topological polar surface area (TPSA) is 59.1 Å². The van der Waals surface area contributed by atoms with Crippen molar-refractivity contribution >= 4 is 11.8 Å². The largest absolute Gasteiger partial charge is 0.490 e. The molecule has 2 fully saturated rings. The number of carbonyl (C=O) groups is 2. The van der Waals surface area contributed by atoms with Crippen molar-refractivity contribution in [1.82, 2.24) is 9.80 Å². The van der Waals surface area contributed by atoms with Gasteiger partial charge in [0.1, 0.15) is 0 Å². The molecule has 0 unspecified atom stereocenters. The second-order valence-corrected chi connectivity index (χ2v) is 7.52. The van der Waals surface area contributed by atoms with Crippen LogP contribution in [0.3, 0.4) is 0 Å². The summed E-state index contributed by atoms with van der Waals surface area (Å²) in [7, 11) is 0. The number of amides is 2. The second kappa shape index (κ2) is 10.3. The minimum absolute atomic E-state index is 0.148. The Morgan fingerprint density at radius 3 is 2.21 bits per heavy atom. The van der Waals surface area contributed by atoms with Gasteiger partial charge in [-0.25, -0.2) is 0 Å².